The molecule has 32 heavy (non-hydrogen) atoms. The average molecular weight is 465 g/mol. The maximum absolute atomic E-state index is 13.1. The van der Waals surface area contributed by atoms with Crippen molar-refractivity contribution in [1.29, 1.82) is 0 Å². The van der Waals surface area contributed by atoms with Crippen LogP contribution in [0.25, 0.3) is 0 Å². The first-order valence-corrected chi connectivity index (χ1v) is 12.0. The molecule has 1 atom stereocenters. The Balaban J connectivity index is 1.75. The highest BCUT2D eigenvalue weighted by atomic mass is 32.2. The highest BCUT2D eigenvalue weighted by Gasteiger charge is 2.23. The van der Waals surface area contributed by atoms with Crippen molar-refractivity contribution in [2.45, 2.75) is 25.5 Å². The van der Waals surface area contributed by atoms with Crippen molar-refractivity contribution in [3.63, 3.8) is 0 Å². The number of anilines is 1. The Morgan fingerprint density at radius 3 is 2.28 bits per heavy atom. The average Bonchev–Trinajstić information content (AvgIpc) is 3.26. The summed E-state index contributed by atoms with van der Waals surface area (Å²) in [6.07, 6.45) is 2.80. The van der Waals surface area contributed by atoms with Gasteiger partial charge < -0.3 is 28.6 Å². The van der Waals surface area contributed by atoms with Crippen LogP contribution in [0, 0.1) is 0 Å². The number of carbonyl (C=O) groups is 1. The van der Waals surface area contributed by atoms with Gasteiger partial charge in [-0.1, -0.05) is 12.1 Å². The smallest absolute Gasteiger partial charge is 0.322 e. The number of hydrogen-bond acceptors (Lipinski definition) is 7. The first-order valence-electron chi connectivity index (χ1n) is 10.1. The lowest BCUT2D eigenvalue weighted by Crippen LogP contribution is -2.39. The maximum Gasteiger partial charge on any atom is 0.322 e. The van der Waals surface area contributed by atoms with Gasteiger partial charge in [0.1, 0.15) is 17.2 Å². The van der Waals surface area contributed by atoms with Gasteiger partial charge in [-0.05, 0) is 30.5 Å². The van der Waals surface area contributed by atoms with Crippen LogP contribution in [0.15, 0.2) is 42.5 Å². The molecule has 1 aliphatic rings. The van der Waals surface area contributed by atoms with E-state index in [1.807, 2.05) is 0 Å². The standard InChI is InChI=1S/C22H28N2O7S/c1-28-20-11-17(12-21(13-20)29-2)23-22(25)24(15-19-5-4-10-30-19)14-16-6-8-18(9-7-16)31-32(3,26)27/h6-9,11-13,19H,4-5,10,14-15H2,1-3H3,(H,23,25)/t19-/m0/s1. The monoisotopic (exact) mass is 464 g/mol. The Labute approximate surface area is 188 Å². The van der Waals surface area contributed by atoms with E-state index in [4.69, 9.17) is 18.4 Å². The Morgan fingerprint density at radius 2 is 1.75 bits per heavy atom. The molecule has 9 nitrogen and oxygen atoms in total. The minimum Gasteiger partial charge on any atom is -0.497 e. The van der Waals surface area contributed by atoms with Crippen LogP contribution in [0.5, 0.6) is 17.2 Å². The van der Waals surface area contributed by atoms with Gasteiger partial charge in [-0.3, -0.25) is 0 Å². The molecule has 174 valence electrons. The number of ether oxygens (including phenoxy) is 3. The van der Waals surface area contributed by atoms with Gasteiger partial charge in [-0.2, -0.15) is 8.42 Å². The summed E-state index contributed by atoms with van der Waals surface area (Å²) in [7, 11) is -0.514. The van der Waals surface area contributed by atoms with Crippen LogP contribution in [0.4, 0.5) is 10.5 Å². The van der Waals surface area contributed by atoms with Crippen LogP contribution >= 0.6 is 0 Å². The van der Waals surface area contributed by atoms with E-state index < -0.39 is 10.1 Å². The number of nitrogens with one attached hydrogen (secondary N) is 1. The van der Waals surface area contributed by atoms with E-state index in [1.54, 1.807) is 61.6 Å². The predicted molar refractivity (Wildman–Crippen MR) is 120 cm³/mol. The SMILES string of the molecule is COc1cc(NC(=O)N(Cc2ccc(OS(C)(=O)=O)cc2)C[C@@H]2CCCO2)cc(OC)c1. The number of rotatable bonds is 9. The van der Waals surface area contributed by atoms with Crippen LogP contribution in [0.3, 0.4) is 0 Å². The largest absolute Gasteiger partial charge is 0.497 e. The number of nitrogens with zero attached hydrogens (tertiary/aromatic N) is 1. The van der Waals surface area contributed by atoms with Gasteiger partial charge in [0, 0.05) is 43.6 Å². The highest BCUT2D eigenvalue weighted by Crippen LogP contribution is 2.26. The zero-order valence-corrected chi connectivity index (χ0v) is 19.2. The molecule has 0 aliphatic carbocycles. The molecule has 1 fully saturated rings. The van der Waals surface area contributed by atoms with Crippen LogP contribution < -0.4 is 19.0 Å². The topological polar surface area (TPSA) is 103 Å². The molecule has 0 spiro atoms. The number of carbonyl (C=O) groups excluding carboxylic acids is 1. The molecule has 0 radical (unpaired) electrons. The quantitative estimate of drug-likeness (QED) is 0.568. The Morgan fingerprint density at radius 1 is 1.09 bits per heavy atom. The van der Waals surface area contributed by atoms with E-state index in [1.165, 1.54) is 0 Å². The van der Waals surface area contributed by atoms with Crippen LogP contribution in [0.1, 0.15) is 18.4 Å². The van der Waals surface area contributed by atoms with Gasteiger partial charge in [0.25, 0.3) is 0 Å². The number of urea groups is 1. The van der Waals surface area contributed by atoms with Gasteiger partial charge in [0.15, 0.2) is 0 Å². The molecule has 0 saturated carbocycles. The summed E-state index contributed by atoms with van der Waals surface area (Å²) in [4.78, 5) is 14.8. The van der Waals surface area contributed by atoms with Crippen LogP contribution in [-0.2, 0) is 21.4 Å². The Kier molecular flexibility index (Phi) is 7.81. The molecule has 3 rings (SSSR count). The first-order chi connectivity index (χ1) is 15.3. The van der Waals surface area contributed by atoms with Gasteiger partial charge in [-0.15, -0.1) is 0 Å². The van der Waals surface area contributed by atoms with Gasteiger partial charge in [0.05, 0.1) is 26.6 Å². The van der Waals surface area contributed by atoms with Crippen molar-refractivity contribution in [3.8, 4) is 17.2 Å². The first kappa shape index (κ1) is 23.7. The fourth-order valence-electron chi connectivity index (χ4n) is 3.38. The molecule has 10 heteroatoms. The van der Waals surface area contributed by atoms with E-state index in [2.05, 4.69) is 5.32 Å². The third kappa shape index (κ3) is 7.03. The summed E-state index contributed by atoms with van der Waals surface area (Å²) in [6.45, 7) is 1.42. The van der Waals surface area contributed by atoms with Crippen molar-refractivity contribution in [2.75, 3.05) is 38.9 Å². The molecule has 1 heterocycles. The van der Waals surface area contributed by atoms with Gasteiger partial charge >= 0.3 is 16.1 Å². The molecule has 2 amide bonds. The molecule has 0 aromatic heterocycles. The molecule has 0 unspecified atom stereocenters. The summed E-state index contributed by atoms with van der Waals surface area (Å²) in [5, 5.41) is 2.90. The second-order valence-electron chi connectivity index (χ2n) is 7.48. The van der Waals surface area contributed by atoms with Crippen molar-refractivity contribution in [3.05, 3.63) is 48.0 Å². The molecule has 2 aromatic rings. The zero-order chi connectivity index (χ0) is 23.1. The van der Waals surface area contributed by atoms with Crippen molar-refractivity contribution in [2.24, 2.45) is 0 Å². The second-order valence-corrected chi connectivity index (χ2v) is 9.05. The van der Waals surface area contributed by atoms with Gasteiger partial charge in [-0.25, -0.2) is 4.79 Å². The third-order valence-electron chi connectivity index (χ3n) is 4.88. The number of amides is 2. The van der Waals surface area contributed by atoms with Crippen molar-refractivity contribution >= 4 is 21.8 Å². The van der Waals surface area contributed by atoms with Crippen molar-refractivity contribution < 1.29 is 31.6 Å². The van der Waals surface area contributed by atoms with E-state index in [0.29, 0.717) is 36.9 Å². The number of methoxy groups -OCH3 is 2. The normalized spacial score (nSPS) is 15.8. The highest BCUT2D eigenvalue weighted by molar-refractivity contribution is 7.86. The Hall–Kier alpha value is -2.98. The van der Waals surface area contributed by atoms with Crippen LogP contribution in [-0.4, -0.2) is 59.1 Å². The summed E-state index contributed by atoms with van der Waals surface area (Å²) < 4.78 is 43.7. The van der Waals surface area contributed by atoms with E-state index in [0.717, 1.165) is 24.7 Å². The lowest BCUT2D eigenvalue weighted by Gasteiger charge is -2.26. The molecule has 1 aliphatic heterocycles. The maximum atomic E-state index is 13.1. The summed E-state index contributed by atoms with van der Waals surface area (Å²) >= 11 is 0. The van der Waals surface area contributed by atoms with E-state index in [-0.39, 0.29) is 17.9 Å². The fraction of sp³-hybridized carbons (Fsp3) is 0.409. The summed E-state index contributed by atoms with van der Waals surface area (Å²) in [6, 6.07) is 11.4. The third-order valence-corrected chi connectivity index (χ3v) is 5.38. The minimum atomic E-state index is -3.60. The number of benzene rings is 2. The molecular formula is C22H28N2O7S. The van der Waals surface area contributed by atoms with E-state index in [9.17, 15) is 13.2 Å². The summed E-state index contributed by atoms with van der Waals surface area (Å²) in [5.74, 6) is 1.34. The van der Waals surface area contributed by atoms with Crippen molar-refractivity contribution in [1.82, 2.24) is 4.90 Å². The van der Waals surface area contributed by atoms with E-state index >= 15 is 0 Å². The molecule has 1 saturated heterocycles. The molecular weight excluding hydrogens is 436 g/mol. The molecule has 1 N–H and O–H groups in total. The number of hydrogen-bond donors (Lipinski definition) is 1. The van der Waals surface area contributed by atoms with Crippen LogP contribution in [0.2, 0.25) is 0 Å². The predicted octanol–water partition coefficient (Wildman–Crippen LogP) is 3.26. The van der Waals surface area contributed by atoms with Gasteiger partial charge in [0.2, 0.25) is 0 Å². The minimum absolute atomic E-state index is 0.0339. The Bertz CT molecular complexity index is 997. The lowest BCUT2D eigenvalue weighted by molar-refractivity contribution is 0.0819. The zero-order valence-electron chi connectivity index (χ0n) is 18.4. The molecule has 0 bridgehead atoms. The lowest BCUT2D eigenvalue weighted by atomic mass is 10.2. The fourth-order valence-corrected chi connectivity index (χ4v) is 3.84. The summed E-state index contributed by atoms with van der Waals surface area (Å²) in [5.41, 5.74) is 1.36. The second kappa shape index (κ2) is 10.6. The molecule has 2 aromatic carbocycles.